The predicted octanol–water partition coefficient (Wildman–Crippen LogP) is 1.28. The fraction of sp³-hybridized carbons (Fsp3) is 0.583. The van der Waals surface area contributed by atoms with Gasteiger partial charge in [-0.15, -0.1) is 0 Å². The minimum absolute atomic E-state index is 0.0645. The Morgan fingerprint density at radius 3 is 2.62 bits per heavy atom. The first-order valence-electron chi connectivity index (χ1n) is 5.78. The Hall–Kier alpha value is -0.713. The van der Waals surface area contributed by atoms with Gasteiger partial charge in [0.2, 0.25) is 0 Å². The van der Waals surface area contributed by atoms with E-state index in [1.54, 1.807) is 6.20 Å². The van der Waals surface area contributed by atoms with E-state index in [9.17, 15) is 0 Å². The molecule has 0 saturated carbocycles. The molecule has 0 fully saturated rings. The average Bonchev–Trinajstić information content (AvgIpc) is 2.27. The van der Waals surface area contributed by atoms with Gasteiger partial charge in [0.25, 0.3) is 0 Å². The normalized spacial score (nSPS) is 16.9. The second-order valence-corrected chi connectivity index (χ2v) is 6.11. The van der Waals surface area contributed by atoms with E-state index < -0.39 is 0 Å². The van der Waals surface area contributed by atoms with Crippen molar-refractivity contribution >= 4 is 10.2 Å². The van der Waals surface area contributed by atoms with Crippen LogP contribution in [0.4, 0.5) is 0 Å². The van der Waals surface area contributed by atoms with Crippen molar-refractivity contribution in [2.45, 2.75) is 32.1 Å². The van der Waals surface area contributed by atoms with Gasteiger partial charge in [-0.25, -0.2) is 0 Å². The zero-order chi connectivity index (χ0) is 12.0. The third kappa shape index (κ3) is 3.40. The Morgan fingerprint density at radius 2 is 2.12 bits per heavy atom. The smallest absolute Gasteiger partial charge is 0.124 e. The summed E-state index contributed by atoms with van der Waals surface area (Å²) in [6.45, 7) is 7.48. The van der Waals surface area contributed by atoms with E-state index >= 15 is 0 Å². The molecule has 90 valence electrons. The summed E-state index contributed by atoms with van der Waals surface area (Å²) in [6, 6.07) is 5.89. The summed E-state index contributed by atoms with van der Waals surface area (Å²) in [5, 5.41) is -0.223. The SMILES string of the molecule is CCOC(c1ccccn1)C(C)([SiH3])OCC. The molecule has 0 amide bonds. The van der Waals surface area contributed by atoms with Gasteiger partial charge in [-0.2, -0.15) is 0 Å². The fourth-order valence-corrected chi connectivity index (χ4v) is 2.54. The maximum Gasteiger partial charge on any atom is 0.124 e. The fourth-order valence-electron chi connectivity index (χ4n) is 1.79. The summed E-state index contributed by atoms with van der Waals surface area (Å²) in [4.78, 5) is 4.36. The molecule has 1 aromatic heterocycles. The predicted molar refractivity (Wildman–Crippen MR) is 68.6 cm³/mol. The van der Waals surface area contributed by atoms with Crippen LogP contribution in [0.5, 0.6) is 0 Å². The summed E-state index contributed by atoms with van der Waals surface area (Å²) in [5.41, 5.74) is 0.954. The van der Waals surface area contributed by atoms with Gasteiger partial charge in [-0.3, -0.25) is 4.98 Å². The molecule has 0 spiro atoms. The number of nitrogens with zero attached hydrogens (tertiary/aromatic N) is 1. The molecule has 0 aliphatic heterocycles. The van der Waals surface area contributed by atoms with Crippen molar-refractivity contribution < 1.29 is 9.47 Å². The lowest BCUT2D eigenvalue weighted by Crippen LogP contribution is -2.38. The molecule has 0 aliphatic carbocycles. The molecule has 3 nitrogen and oxygen atoms in total. The highest BCUT2D eigenvalue weighted by Gasteiger charge is 2.32. The molecule has 0 bridgehead atoms. The lowest BCUT2D eigenvalue weighted by Gasteiger charge is -2.33. The molecule has 0 N–H and O–H groups in total. The molecule has 16 heavy (non-hydrogen) atoms. The lowest BCUT2D eigenvalue weighted by atomic mass is 10.1. The van der Waals surface area contributed by atoms with Crippen molar-refractivity contribution in [2.75, 3.05) is 13.2 Å². The molecule has 0 saturated heterocycles. The van der Waals surface area contributed by atoms with Crippen LogP contribution >= 0.6 is 0 Å². The van der Waals surface area contributed by atoms with E-state index in [0.717, 1.165) is 15.9 Å². The Morgan fingerprint density at radius 1 is 1.38 bits per heavy atom. The van der Waals surface area contributed by atoms with Crippen molar-refractivity contribution in [1.82, 2.24) is 4.98 Å². The van der Waals surface area contributed by atoms with Gasteiger partial charge in [0.05, 0.1) is 10.9 Å². The number of rotatable bonds is 6. The summed E-state index contributed by atoms with van der Waals surface area (Å²) in [5.74, 6) is 0. The largest absolute Gasteiger partial charge is 0.377 e. The second kappa shape index (κ2) is 6.13. The highest BCUT2D eigenvalue weighted by molar-refractivity contribution is 6.14. The number of ether oxygens (including phenoxy) is 2. The monoisotopic (exact) mass is 239 g/mol. The first-order chi connectivity index (χ1) is 7.61. The molecule has 4 heteroatoms. The minimum atomic E-state index is -0.223. The van der Waals surface area contributed by atoms with Crippen LogP contribution in [0.2, 0.25) is 0 Å². The van der Waals surface area contributed by atoms with Gasteiger partial charge in [0.15, 0.2) is 0 Å². The van der Waals surface area contributed by atoms with E-state index in [1.807, 2.05) is 32.0 Å². The first-order valence-corrected chi connectivity index (χ1v) is 6.78. The lowest BCUT2D eigenvalue weighted by molar-refractivity contribution is -0.0883. The van der Waals surface area contributed by atoms with Crippen LogP contribution < -0.4 is 0 Å². The summed E-state index contributed by atoms with van der Waals surface area (Å²) in [7, 11) is 0.903. The zero-order valence-corrected chi connectivity index (χ0v) is 12.6. The number of hydrogen-bond acceptors (Lipinski definition) is 3. The molecule has 2 atom stereocenters. The van der Waals surface area contributed by atoms with Gasteiger partial charge < -0.3 is 9.47 Å². The van der Waals surface area contributed by atoms with Gasteiger partial charge in [0.1, 0.15) is 6.10 Å². The van der Waals surface area contributed by atoms with Crippen LogP contribution in [-0.4, -0.2) is 33.7 Å². The van der Waals surface area contributed by atoms with Crippen LogP contribution in [0.15, 0.2) is 24.4 Å². The number of aromatic nitrogens is 1. The van der Waals surface area contributed by atoms with Crippen molar-refractivity contribution in [3.63, 3.8) is 0 Å². The van der Waals surface area contributed by atoms with Crippen LogP contribution in [0.25, 0.3) is 0 Å². The molecule has 2 unspecified atom stereocenters. The Bertz CT molecular complexity index is 303. The molecule has 1 heterocycles. The van der Waals surface area contributed by atoms with Crippen molar-refractivity contribution in [3.05, 3.63) is 30.1 Å². The highest BCUT2D eigenvalue weighted by Crippen LogP contribution is 2.28. The Kier molecular flexibility index (Phi) is 5.11. The van der Waals surface area contributed by atoms with Crippen molar-refractivity contribution in [3.8, 4) is 0 Å². The van der Waals surface area contributed by atoms with Crippen LogP contribution in [-0.2, 0) is 9.47 Å². The van der Waals surface area contributed by atoms with Gasteiger partial charge in [0, 0.05) is 29.7 Å². The zero-order valence-electron chi connectivity index (χ0n) is 10.6. The number of pyridine rings is 1. The molecule has 1 aromatic rings. The minimum Gasteiger partial charge on any atom is -0.377 e. The second-order valence-electron chi connectivity index (χ2n) is 4.13. The standard InChI is InChI=1S/C12H21NO2Si/c1-4-14-11(12(3,16)15-5-2)10-8-6-7-9-13-10/h6-9,11H,4-5H2,1-3,16H3. The molecular weight excluding hydrogens is 218 g/mol. The maximum atomic E-state index is 5.80. The molecule has 1 rings (SSSR count). The van der Waals surface area contributed by atoms with Gasteiger partial charge >= 0.3 is 0 Å². The first kappa shape index (κ1) is 13.4. The molecular formula is C12H21NO2Si. The molecule has 0 radical (unpaired) electrons. The van der Waals surface area contributed by atoms with E-state index in [2.05, 4.69) is 11.9 Å². The van der Waals surface area contributed by atoms with E-state index in [1.165, 1.54) is 0 Å². The highest BCUT2D eigenvalue weighted by atomic mass is 28.1. The van der Waals surface area contributed by atoms with Gasteiger partial charge in [-0.05, 0) is 32.9 Å². The maximum absolute atomic E-state index is 5.80. The topological polar surface area (TPSA) is 31.4 Å². The number of hydrogen-bond donors (Lipinski definition) is 0. The van der Waals surface area contributed by atoms with Crippen LogP contribution in [0.3, 0.4) is 0 Å². The average molecular weight is 239 g/mol. The van der Waals surface area contributed by atoms with E-state index in [4.69, 9.17) is 9.47 Å². The van der Waals surface area contributed by atoms with Crippen LogP contribution in [0, 0.1) is 0 Å². The molecule has 0 aromatic carbocycles. The quantitative estimate of drug-likeness (QED) is 0.701. The summed E-state index contributed by atoms with van der Waals surface area (Å²) < 4.78 is 11.6. The molecule has 0 aliphatic rings. The Balaban J connectivity index is 2.90. The van der Waals surface area contributed by atoms with Gasteiger partial charge in [-0.1, -0.05) is 6.07 Å². The van der Waals surface area contributed by atoms with Crippen molar-refractivity contribution in [2.24, 2.45) is 0 Å². The third-order valence-electron chi connectivity index (χ3n) is 2.44. The van der Waals surface area contributed by atoms with E-state index in [0.29, 0.717) is 13.2 Å². The third-order valence-corrected chi connectivity index (χ3v) is 3.25. The van der Waals surface area contributed by atoms with Crippen molar-refractivity contribution in [1.29, 1.82) is 0 Å². The Labute approximate surface area is 101 Å². The van der Waals surface area contributed by atoms with Crippen LogP contribution in [0.1, 0.15) is 32.6 Å². The van der Waals surface area contributed by atoms with E-state index in [-0.39, 0.29) is 11.3 Å². The summed E-state index contributed by atoms with van der Waals surface area (Å²) >= 11 is 0. The summed E-state index contributed by atoms with van der Waals surface area (Å²) in [6.07, 6.45) is 1.73.